The van der Waals surface area contributed by atoms with Crippen LogP contribution in [0.25, 0.3) is 0 Å². The third-order valence-electron chi connectivity index (χ3n) is 2.06. The van der Waals surface area contributed by atoms with Gasteiger partial charge in [0.1, 0.15) is 5.38 Å². The first kappa shape index (κ1) is 13.6. The van der Waals surface area contributed by atoms with Crippen molar-refractivity contribution in [3.05, 3.63) is 35.4 Å². The summed E-state index contributed by atoms with van der Waals surface area (Å²) >= 11 is 5.67. The van der Waals surface area contributed by atoms with E-state index in [1.165, 1.54) is 0 Å². The quantitative estimate of drug-likeness (QED) is 0.475. The molecule has 0 saturated carbocycles. The fraction of sp³-hybridized carbons (Fsp3) is 0.273. The van der Waals surface area contributed by atoms with Crippen LogP contribution in [0.15, 0.2) is 18.2 Å². The summed E-state index contributed by atoms with van der Waals surface area (Å²) in [4.78, 5) is 22.5. The first-order chi connectivity index (χ1) is 7.95. The summed E-state index contributed by atoms with van der Waals surface area (Å²) in [6.07, 6.45) is -0.324. The molecule has 3 nitrogen and oxygen atoms in total. The van der Waals surface area contributed by atoms with Crippen molar-refractivity contribution in [2.75, 3.05) is 7.11 Å². The van der Waals surface area contributed by atoms with E-state index in [4.69, 9.17) is 11.6 Å². The van der Waals surface area contributed by atoms with Crippen molar-refractivity contribution in [2.45, 2.75) is 11.8 Å². The highest BCUT2D eigenvalue weighted by Gasteiger charge is 2.22. The van der Waals surface area contributed by atoms with E-state index in [2.05, 4.69) is 4.74 Å². The Labute approximate surface area is 101 Å². The fourth-order valence-electron chi connectivity index (χ4n) is 1.15. The number of halogens is 3. The maximum absolute atomic E-state index is 12.9. The van der Waals surface area contributed by atoms with Crippen LogP contribution in [0.4, 0.5) is 8.78 Å². The highest BCUT2D eigenvalue weighted by Crippen LogP contribution is 2.15. The molecule has 1 aromatic rings. The van der Waals surface area contributed by atoms with E-state index >= 15 is 0 Å². The van der Waals surface area contributed by atoms with Gasteiger partial charge in [0, 0.05) is 5.56 Å². The lowest BCUT2D eigenvalue weighted by Gasteiger charge is -2.07. The van der Waals surface area contributed by atoms with E-state index in [0.29, 0.717) is 0 Å². The molecule has 0 spiro atoms. The first-order valence-electron chi connectivity index (χ1n) is 4.66. The minimum absolute atomic E-state index is 0.0900. The monoisotopic (exact) mass is 262 g/mol. The van der Waals surface area contributed by atoms with Crippen molar-refractivity contribution in [2.24, 2.45) is 0 Å². The van der Waals surface area contributed by atoms with Gasteiger partial charge in [-0.3, -0.25) is 9.59 Å². The highest BCUT2D eigenvalue weighted by molar-refractivity contribution is 6.34. The Bertz CT molecular complexity index is 448. The number of hydrogen-bond donors (Lipinski definition) is 0. The van der Waals surface area contributed by atoms with Gasteiger partial charge in [0.25, 0.3) is 0 Å². The fourth-order valence-corrected chi connectivity index (χ4v) is 1.40. The number of ketones is 1. The molecule has 0 bridgehead atoms. The number of methoxy groups -OCH3 is 1. The second-order valence-electron chi connectivity index (χ2n) is 3.24. The molecule has 0 amide bonds. The number of alkyl halides is 1. The van der Waals surface area contributed by atoms with Crippen LogP contribution in [0, 0.1) is 11.6 Å². The summed E-state index contributed by atoms with van der Waals surface area (Å²) in [5.74, 6) is -3.50. The van der Waals surface area contributed by atoms with E-state index in [1.54, 1.807) is 0 Å². The predicted molar refractivity (Wildman–Crippen MR) is 57.0 cm³/mol. The molecule has 0 N–H and O–H groups in total. The van der Waals surface area contributed by atoms with Crippen LogP contribution < -0.4 is 0 Å². The lowest BCUT2D eigenvalue weighted by Crippen LogP contribution is -2.19. The summed E-state index contributed by atoms with van der Waals surface area (Å²) in [6, 6.07) is 2.67. The smallest absolute Gasteiger partial charge is 0.307 e. The molecular weight excluding hydrogens is 254 g/mol. The van der Waals surface area contributed by atoms with E-state index < -0.39 is 28.8 Å². The maximum atomic E-state index is 12.9. The molecule has 0 heterocycles. The van der Waals surface area contributed by atoms with Gasteiger partial charge >= 0.3 is 5.97 Å². The van der Waals surface area contributed by atoms with Crippen LogP contribution in [0.5, 0.6) is 0 Å². The molecule has 0 aliphatic heterocycles. The predicted octanol–water partition coefficient (Wildman–Crippen LogP) is 2.32. The van der Waals surface area contributed by atoms with Gasteiger partial charge in [0.05, 0.1) is 13.5 Å². The number of hydrogen-bond acceptors (Lipinski definition) is 3. The Kier molecular flexibility index (Phi) is 4.57. The van der Waals surface area contributed by atoms with E-state index in [-0.39, 0.29) is 12.0 Å². The Morgan fingerprint density at radius 3 is 2.53 bits per heavy atom. The lowest BCUT2D eigenvalue weighted by molar-refractivity contribution is -0.140. The average Bonchev–Trinajstić information content (AvgIpc) is 2.31. The van der Waals surface area contributed by atoms with Crippen LogP contribution in [0.1, 0.15) is 16.8 Å². The molecule has 92 valence electrons. The molecule has 0 aliphatic rings. The van der Waals surface area contributed by atoms with Crippen LogP contribution in [-0.4, -0.2) is 24.2 Å². The van der Waals surface area contributed by atoms with Crippen molar-refractivity contribution >= 4 is 23.4 Å². The molecule has 0 fully saturated rings. The summed E-state index contributed by atoms with van der Waals surface area (Å²) in [5, 5.41) is -1.16. The van der Waals surface area contributed by atoms with E-state index in [0.717, 1.165) is 25.3 Å². The first-order valence-corrected chi connectivity index (χ1v) is 5.09. The number of Topliss-reactive ketones (excluding diaryl/α,β-unsaturated/α-hetero) is 1. The zero-order valence-corrected chi connectivity index (χ0v) is 9.63. The summed E-state index contributed by atoms with van der Waals surface area (Å²) in [7, 11) is 1.16. The minimum atomic E-state index is -1.16. The molecule has 0 saturated heterocycles. The number of carbonyl (C=O) groups is 2. The van der Waals surface area contributed by atoms with Crippen molar-refractivity contribution < 1.29 is 23.1 Å². The molecule has 6 heteroatoms. The Hall–Kier alpha value is -1.49. The molecule has 1 unspecified atom stereocenters. The number of carbonyl (C=O) groups excluding carboxylic acids is 2. The number of ether oxygens (including phenoxy) is 1. The molecule has 0 radical (unpaired) electrons. The molecule has 17 heavy (non-hydrogen) atoms. The van der Waals surface area contributed by atoms with Crippen molar-refractivity contribution in [3.8, 4) is 0 Å². The largest absolute Gasteiger partial charge is 0.469 e. The normalized spacial score (nSPS) is 12.0. The van der Waals surface area contributed by atoms with Gasteiger partial charge in [-0.25, -0.2) is 8.78 Å². The van der Waals surface area contributed by atoms with Crippen LogP contribution in [0.3, 0.4) is 0 Å². The van der Waals surface area contributed by atoms with Gasteiger partial charge in [0.15, 0.2) is 17.4 Å². The van der Waals surface area contributed by atoms with Crippen molar-refractivity contribution in [3.63, 3.8) is 0 Å². The highest BCUT2D eigenvalue weighted by atomic mass is 35.5. The van der Waals surface area contributed by atoms with Gasteiger partial charge < -0.3 is 4.74 Å². The number of esters is 1. The second kappa shape index (κ2) is 5.72. The summed E-state index contributed by atoms with van der Waals surface area (Å²) in [6.45, 7) is 0. The Balaban J connectivity index is 2.81. The SMILES string of the molecule is COC(=O)CC(Cl)C(=O)c1ccc(F)c(F)c1. The lowest BCUT2D eigenvalue weighted by atomic mass is 10.1. The van der Waals surface area contributed by atoms with Gasteiger partial charge in [0.2, 0.25) is 0 Å². The molecule has 0 aliphatic carbocycles. The third-order valence-corrected chi connectivity index (χ3v) is 2.41. The van der Waals surface area contributed by atoms with E-state index in [9.17, 15) is 18.4 Å². The molecule has 1 atom stereocenters. The van der Waals surface area contributed by atoms with Crippen LogP contribution in [0.2, 0.25) is 0 Å². The maximum Gasteiger partial charge on any atom is 0.307 e. The van der Waals surface area contributed by atoms with Gasteiger partial charge in [-0.2, -0.15) is 0 Å². The van der Waals surface area contributed by atoms with Gasteiger partial charge in [-0.15, -0.1) is 11.6 Å². The van der Waals surface area contributed by atoms with Gasteiger partial charge in [-0.1, -0.05) is 0 Å². The second-order valence-corrected chi connectivity index (χ2v) is 3.77. The molecular formula is C11H9ClF2O3. The molecule has 1 aromatic carbocycles. The van der Waals surface area contributed by atoms with Gasteiger partial charge in [-0.05, 0) is 18.2 Å². The van der Waals surface area contributed by atoms with Crippen molar-refractivity contribution in [1.82, 2.24) is 0 Å². The van der Waals surface area contributed by atoms with E-state index in [1.807, 2.05) is 0 Å². The Morgan fingerprint density at radius 2 is 2.00 bits per heavy atom. The summed E-state index contributed by atoms with van der Waals surface area (Å²) < 4.78 is 29.8. The molecule has 1 rings (SSSR count). The number of benzene rings is 1. The van der Waals surface area contributed by atoms with Crippen LogP contribution >= 0.6 is 11.6 Å². The average molecular weight is 263 g/mol. The van der Waals surface area contributed by atoms with Crippen LogP contribution in [-0.2, 0) is 9.53 Å². The minimum Gasteiger partial charge on any atom is -0.469 e. The zero-order chi connectivity index (χ0) is 13.0. The summed E-state index contributed by atoms with van der Waals surface area (Å²) in [5.41, 5.74) is -0.0900. The molecule has 0 aromatic heterocycles. The topological polar surface area (TPSA) is 43.4 Å². The number of rotatable bonds is 4. The van der Waals surface area contributed by atoms with Crippen molar-refractivity contribution in [1.29, 1.82) is 0 Å². The Morgan fingerprint density at radius 1 is 1.35 bits per heavy atom. The standard InChI is InChI=1S/C11H9ClF2O3/c1-17-10(15)5-7(12)11(16)6-2-3-8(13)9(14)4-6/h2-4,7H,5H2,1H3. The zero-order valence-electron chi connectivity index (χ0n) is 8.88. The third kappa shape index (κ3) is 3.49.